The van der Waals surface area contributed by atoms with Crippen molar-refractivity contribution in [2.24, 2.45) is 5.41 Å². The number of carboxylic acid groups (broad SMARTS) is 1. The molecule has 1 aromatic heterocycles. The molecule has 1 amide bonds. The molecular weight excluding hydrogens is 492 g/mol. The highest BCUT2D eigenvalue weighted by Crippen LogP contribution is 2.42. The lowest BCUT2D eigenvalue weighted by Gasteiger charge is -2.33. The van der Waals surface area contributed by atoms with Crippen LogP contribution < -0.4 is 10.1 Å². The normalized spacial score (nSPS) is 18.1. The van der Waals surface area contributed by atoms with Gasteiger partial charge in [-0.25, -0.2) is 4.98 Å². The summed E-state index contributed by atoms with van der Waals surface area (Å²) in [6.07, 6.45) is -0.0976. The SMILES string of the molecule is CN1CCN(C(=O)COc2ccc3sc(CNC(O)C4(CC(=O)O)Cc5ccccc5C4)nc3c2)CC1. The molecule has 1 fully saturated rings. The summed E-state index contributed by atoms with van der Waals surface area (Å²) in [7, 11) is 2.05. The Labute approximate surface area is 219 Å². The van der Waals surface area contributed by atoms with Gasteiger partial charge in [-0.1, -0.05) is 24.3 Å². The third-order valence-electron chi connectivity index (χ3n) is 7.36. The maximum atomic E-state index is 12.5. The maximum Gasteiger partial charge on any atom is 0.304 e. The van der Waals surface area contributed by atoms with Crippen LogP contribution in [0.25, 0.3) is 10.2 Å². The molecule has 5 rings (SSSR count). The predicted octanol–water partition coefficient (Wildman–Crippen LogP) is 2.12. The van der Waals surface area contributed by atoms with Crippen LogP contribution in [0.4, 0.5) is 0 Å². The number of hydrogen-bond donors (Lipinski definition) is 3. The molecule has 1 aliphatic carbocycles. The van der Waals surface area contributed by atoms with Crippen molar-refractivity contribution in [3.05, 3.63) is 58.6 Å². The number of ether oxygens (including phenoxy) is 1. The molecule has 3 aromatic rings. The number of benzene rings is 2. The van der Waals surface area contributed by atoms with Crippen molar-refractivity contribution in [2.45, 2.75) is 32.0 Å². The fraction of sp³-hybridized carbons (Fsp3) is 0.444. The van der Waals surface area contributed by atoms with Crippen molar-refractivity contribution in [1.29, 1.82) is 0 Å². The van der Waals surface area contributed by atoms with Gasteiger partial charge < -0.3 is 24.7 Å². The minimum absolute atomic E-state index is 0.00594. The highest BCUT2D eigenvalue weighted by Gasteiger charge is 2.44. The number of piperazine rings is 1. The lowest BCUT2D eigenvalue weighted by molar-refractivity contribution is -0.142. The molecule has 2 heterocycles. The fourth-order valence-electron chi connectivity index (χ4n) is 5.25. The summed E-state index contributed by atoms with van der Waals surface area (Å²) in [6.45, 7) is 3.47. The predicted molar refractivity (Wildman–Crippen MR) is 141 cm³/mol. The number of thiazole rings is 1. The number of carbonyl (C=O) groups is 2. The summed E-state index contributed by atoms with van der Waals surface area (Å²) in [5.74, 6) is -0.356. The van der Waals surface area contributed by atoms with Crippen LogP contribution in [-0.2, 0) is 29.0 Å². The molecule has 9 nitrogen and oxygen atoms in total. The van der Waals surface area contributed by atoms with Gasteiger partial charge in [0.05, 0.1) is 16.6 Å². The van der Waals surface area contributed by atoms with E-state index in [1.165, 1.54) is 11.3 Å². The largest absolute Gasteiger partial charge is 0.484 e. The summed E-state index contributed by atoms with van der Waals surface area (Å²) in [4.78, 5) is 32.8. The molecule has 1 unspecified atom stereocenters. The van der Waals surface area contributed by atoms with Crippen molar-refractivity contribution in [2.75, 3.05) is 39.8 Å². The maximum absolute atomic E-state index is 12.5. The first-order valence-electron chi connectivity index (χ1n) is 12.5. The zero-order chi connectivity index (χ0) is 26.0. The molecule has 1 saturated heterocycles. The van der Waals surface area contributed by atoms with E-state index >= 15 is 0 Å². The number of nitrogens with zero attached hydrogens (tertiary/aromatic N) is 3. The number of aliphatic hydroxyl groups excluding tert-OH is 1. The first-order chi connectivity index (χ1) is 17.8. The van der Waals surface area contributed by atoms with Crippen molar-refractivity contribution >= 4 is 33.4 Å². The zero-order valence-corrected chi connectivity index (χ0v) is 21.7. The lowest BCUT2D eigenvalue weighted by atomic mass is 9.79. The molecule has 0 bridgehead atoms. The number of aliphatic hydroxyl groups is 1. The molecule has 10 heteroatoms. The third kappa shape index (κ3) is 5.77. The van der Waals surface area contributed by atoms with Gasteiger partial charge in [-0.2, -0.15) is 0 Å². The second kappa shape index (κ2) is 10.7. The minimum atomic E-state index is -0.998. The smallest absolute Gasteiger partial charge is 0.304 e. The molecular formula is C27H32N4O5S. The van der Waals surface area contributed by atoms with Gasteiger partial charge in [0.25, 0.3) is 5.91 Å². The number of aliphatic carboxylic acids is 1. The molecule has 0 spiro atoms. The zero-order valence-electron chi connectivity index (χ0n) is 20.9. The lowest BCUT2D eigenvalue weighted by Crippen LogP contribution is -2.48. The van der Waals surface area contributed by atoms with Gasteiger partial charge in [0, 0.05) is 44.2 Å². The van der Waals surface area contributed by atoms with Crippen LogP contribution in [0.3, 0.4) is 0 Å². The number of amides is 1. The van der Waals surface area contributed by atoms with E-state index in [1.807, 2.05) is 54.4 Å². The Balaban J connectivity index is 1.20. The van der Waals surface area contributed by atoms with Gasteiger partial charge in [0.2, 0.25) is 0 Å². The van der Waals surface area contributed by atoms with Gasteiger partial charge in [0.15, 0.2) is 6.61 Å². The molecule has 1 atom stereocenters. The number of likely N-dealkylation sites (N-methyl/N-ethyl adjacent to an activating group) is 1. The molecule has 37 heavy (non-hydrogen) atoms. The first kappa shape index (κ1) is 25.6. The highest BCUT2D eigenvalue weighted by atomic mass is 32.1. The molecule has 2 aromatic carbocycles. The third-order valence-corrected chi connectivity index (χ3v) is 8.39. The Morgan fingerprint density at radius 3 is 2.51 bits per heavy atom. The summed E-state index contributed by atoms with van der Waals surface area (Å²) in [6, 6.07) is 13.5. The van der Waals surface area contributed by atoms with E-state index in [2.05, 4.69) is 15.2 Å². The van der Waals surface area contributed by atoms with Crippen LogP contribution in [0.2, 0.25) is 0 Å². The minimum Gasteiger partial charge on any atom is -0.484 e. The van der Waals surface area contributed by atoms with Crippen LogP contribution in [0.5, 0.6) is 5.75 Å². The van der Waals surface area contributed by atoms with Crippen LogP contribution >= 0.6 is 11.3 Å². The Kier molecular flexibility index (Phi) is 7.43. The standard InChI is InChI=1S/C27H32N4O5S/c1-30-8-10-31(11-9-30)24(32)17-36-20-6-7-22-21(12-20)29-23(37-22)16-28-26(35)27(15-25(33)34)13-18-4-2-3-5-19(18)14-27/h2-7,12,26,28,35H,8-11,13-17H2,1H3,(H,33,34). The quantitative estimate of drug-likeness (QED) is 0.365. The van der Waals surface area contributed by atoms with Gasteiger partial charge in [0.1, 0.15) is 17.0 Å². The topological polar surface area (TPSA) is 115 Å². The van der Waals surface area contributed by atoms with Crippen molar-refractivity contribution in [1.82, 2.24) is 20.1 Å². The number of carboxylic acids is 1. The second-order valence-electron chi connectivity index (χ2n) is 10.0. The van der Waals surface area contributed by atoms with Gasteiger partial charge in [-0.3, -0.25) is 14.9 Å². The number of nitrogens with one attached hydrogen (secondary N) is 1. The average Bonchev–Trinajstić information content (AvgIpc) is 3.46. The van der Waals surface area contributed by atoms with Crippen molar-refractivity contribution < 1.29 is 24.5 Å². The molecule has 3 N–H and O–H groups in total. The van der Waals surface area contributed by atoms with Gasteiger partial charge in [-0.05, 0) is 43.1 Å². The summed E-state index contributed by atoms with van der Waals surface area (Å²) >= 11 is 1.50. The van der Waals surface area contributed by atoms with Crippen molar-refractivity contribution in [3.63, 3.8) is 0 Å². The van der Waals surface area contributed by atoms with E-state index in [1.54, 1.807) is 0 Å². The second-order valence-corrected chi connectivity index (χ2v) is 11.2. The summed E-state index contributed by atoms with van der Waals surface area (Å²) in [5.41, 5.74) is 2.13. The number of aromatic nitrogens is 1. The Hall–Kier alpha value is -3.05. The monoisotopic (exact) mass is 524 g/mol. The van der Waals surface area contributed by atoms with E-state index in [9.17, 15) is 19.8 Å². The van der Waals surface area contributed by atoms with E-state index < -0.39 is 17.6 Å². The van der Waals surface area contributed by atoms with Crippen LogP contribution in [0.1, 0.15) is 22.6 Å². The Bertz CT molecular complexity index is 1260. The Morgan fingerprint density at radius 2 is 1.84 bits per heavy atom. The molecule has 196 valence electrons. The van der Waals surface area contributed by atoms with Gasteiger partial charge in [-0.15, -0.1) is 11.3 Å². The molecule has 2 aliphatic rings. The van der Waals surface area contributed by atoms with E-state index in [0.717, 1.165) is 39.4 Å². The molecule has 0 radical (unpaired) electrons. The van der Waals surface area contributed by atoms with E-state index in [-0.39, 0.29) is 18.9 Å². The fourth-order valence-corrected chi connectivity index (χ4v) is 6.15. The average molecular weight is 525 g/mol. The number of carbonyl (C=O) groups excluding carboxylic acids is 1. The number of fused-ring (bicyclic) bond motifs is 2. The molecule has 0 saturated carbocycles. The molecule has 1 aliphatic heterocycles. The van der Waals surface area contributed by atoms with E-state index in [4.69, 9.17) is 4.74 Å². The Morgan fingerprint density at radius 1 is 1.14 bits per heavy atom. The first-order valence-corrected chi connectivity index (χ1v) is 13.3. The van der Waals surface area contributed by atoms with Gasteiger partial charge >= 0.3 is 5.97 Å². The van der Waals surface area contributed by atoms with Crippen LogP contribution in [0.15, 0.2) is 42.5 Å². The summed E-state index contributed by atoms with van der Waals surface area (Å²) in [5, 5.41) is 24.5. The van der Waals surface area contributed by atoms with E-state index in [0.29, 0.717) is 38.2 Å². The summed E-state index contributed by atoms with van der Waals surface area (Å²) < 4.78 is 6.73. The number of rotatable bonds is 9. The van der Waals surface area contributed by atoms with Crippen LogP contribution in [0, 0.1) is 5.41 Å². The van der Waals surface area contributed by atoms with Crippen molar-refractivity contribution in [3.8, 4) is 5.75 Å². The van der Waals surface area contributed by atoms with Crippen LogP contribution in [-0.4, -0.2) is 82.9 Å². The number of hydrogen-bond acceptors (Lipinski definition) is 8. The highest BCUT2D eigenvalue weighted by molar-refractivity contribution is 7.18.